The first-order valence-electron chi connectivity index (χ1n) is 7.44. The molecule has 0 spiro atoms. The van der Waals surface area contributed by atoms with Crippen molar-refractivity contribution in [1.82, 2.24) is 10.2 Å². The first kappa shape index (κ1) is 15.0. The van der Waals surface area contributed by atoms with E-state index < -0.39 is 0 Å². The second-order valence-corrected chi connectivity index (χ2v) is 6.36. The SMILES string of the molecule is CNC(CCN1CCCCCC1)c1cccc(Br)c1. The van der Waals surface area contributed by atoms with Crippen LogP contribution in [0.5, 0.6) is 0 Å². The Hall–Kier alpha value is -0.380. The molecule has 1 heterocycles. The predicted molar refractivity (Wildman–Crippen MR) is 85.5 cm³/mol. The van der Waals surface area contributed by atoms with Gasteiger partial charge < -0.3 is 10.2 Å². The quantitative estimate of drug-likeness (QED) is 0.881. The fourth-order valence-electron chi connectivity index (χ4n) is 2.87. The maximum atomic E-state index is 3.56. The van der Waals surface area contributed by atoms with Crippen LogP contribution in [0.3, 0.4) is 0 Å². The Bertz CT molecular complexity index is 373. The van der Waals surface area contributed by atoms with E-state index in [1.54, 1.807) is 0 Å². The molecule has 0 bridgehead atoms. The molecule has 1 fully saturated rings. The summed E-state index contributed by atoms with van der Waals surface area (Å²) in [4.78, 5) is 2.63. The van der Waals surface area contributed by atoms with Crippen molar-refractivity contribution in [2.24, 2.45) is 0 Å². The summed E-state index contributed by atoms with van der Waals surface area (Å²) in [6.45, 7) is 3.78. The Balaban J connectivity index is 1.88. The van der Waals surface area contributed by atoms with Gasteiger partial charge in [-0.1, -0.05) is 40.9 Å². The van der Waals surface area contributed by atoms with E-state index in [-0.39, 0.29) is 0 Å². The molecule has 1 aromatic rings. The normalized spacial score (nSPS) is 19.1. The Morgan fingerprint density at radius 1 is 1.21 bits per heavy atom. The molecular formula is C16H25BrN2. The first-order chi connectivity index (χ1) is 9.29. The van der Waals surface area contributed by atoms with E-state index in [2.05, 4.69) is 57.5 Å². The van der Waals surface area contributed by atoms with Crippen molar-refractivity contribution in [2.45, 2.75) is 38.1 Å². The third-order valence-electron chi connectivity index (χ3n) is 4.03. The number of nitrogens with one attached hydrogen (secondary N) is 1. The highest BCUT2D eigenvalue weighted by Crippen LogP contribution is 2.21. The highest BCUT2D eigenvalue weighted by atomic mass is 79.9. The molecule has 0 aliphatic carbocycles. The molecular weight excluding hydrogens is 300 g/mol. The second-order valence-electron chi connectivity index (χ2n) is 5.44. The van der Waals surface area contributed by atoms with Gasteiger partial charge in [-0.2, -0.15) is 0 Å². The summed E-state index contributed by atoms with van der Waals surface area (Å²) >= 11 is 3.56. The highest BCUT2D eigenvalue weighted by Gasteiger charge is 2.13. The summed E-state index contributed by atoms with van der Waals surface area (Å²) in [6, 6.07) is 9.11. The molecule has 1 atom stereocenters. The van der Waals surface area contributed by atoms with Gasteiger partial charge in [-0.15, -0.1) is 0 Å². The van der Waals surface area contributed by atoms with Crippen molar-refractivity contribution in [3.8, 4) is 0 Å². The van der Waals surface area contributed by atoms with Gasteiger partial charge in [0, 0.05) is 10.5 Å². The average Bonchev–Trinajstić information content (AvgIpc) is 2.68. The number of rotatable bonds is 5. The smallest absolute Gasteiger partial charge is 0.0330 e. The third kappa shape index (κ3) is 4.90. The molecule has 0 radical (unpaired) electrons. The largest absolute Gasteiger partial charge is 0.313 e. The van der Waals surface area contributed by atoms with Crippen LogP contribution in [0.2, 0.25) is 0 Å². The lowest BCUT2D eigenvalue weighted by molar-refractivity contribution is 0.268. The van der Waals surface area contributed by atoms with E-state index in [4.69, 9.17) is 0 Å². The van der Waals surface area contributed by atoms with Crippen LogP contribution in [-0.4, -0.2) is 31.6 Å². The molecule has 0 amide bonds. The fraction of sp³-hybridized carbons (Fsp3) is 0.625. The van der Waals surface area contributed by atoms with E-state index in [0.717, 1.165) is 0 Å². The van der Waals surface area contributed by atoms with Gasteiger partial charge in [0.25, 0.3) is 0 Å². The Labute approximate surface area is 125 Å². The van der Waals surface area contributed by atoms with Crippen LogP contribution in [0.4, 0.5) is 0 Å². The van der Waals surface area contributed by atoms with Crippen LogP contribution in [0.15, 0.2) is 28.7 Å². The molecule has 1 aliphatic rings. The van der Waals surface area contributed by atoms with Gasteiger partial charge in [0.2, 0.25) is 0 Å². The minimum atomic E-state index is 0.459. The maximum absolute atomic E-state index is 3.56. The molecule has 106 valence electrons. The summed E-state index contributed by atoms with van der Waals surface area (Å²) in [7, 11) is 2.06. The Kier molecular flexibility index (Phi) is 6.35. The van der Waals surface area contributed by atoms with Crippen LogP contribution < -0.4 is 5.32 Å². The van der Waals surface area contributed by atoms with E-state index in [1.807, 2.05) is 0 Å². The van der Waals surface area contributed by atoms with Crippen molar-refractivity contribution in [3.63, 3.8) is 0 Å². The molecule has 0 saturated carbocycles. The molecule has 1 N–H and O–H groups in total. The van der Waals surface area contributed by atoms with Gasteiger partial charge in [-0.3, -0.25) is 0 Å². The summed E-state index contributed by atoms with van der Waals surface area (Å²) in [6.07, 6.45) is 6.77. The monoisotopic (exact) mass is 324 g/mol. The molecule has 1 saturated heterocycles. The molecule has 3 heteroatoms. The van der Waals surface area contributed by atoms with E-state index in [0.29, 0.717) is 6.04 Å². The van der Waals surface area contributed by atoms with Crippen molar-refractivity contribution in [2.75, 3.05) is 26.7 Å². The third-order valence-corrected chi connectivity index (χ3v) is 4.53. The lowest BCUT2D eigenvalue weighted by Crippen LogP contribution is -2.29. The zero-order chi connectivity index (χ0) is 13.5. The topological polar surface area (TPSA) is 15.3 Å². The van der Waals surface area contributed by atoms with Gasteiger partial charge in [-0.25, -0.2) is 0 Å². The fourth-order valence-corrected chi connectivity index (χ4v) is 3.29. The molecule has 1 aliphatic heterocycles. The van der Waals surface area contributed by atoms with Gasteiger partial charge in [0.1, 0.15) is 0 Å². The van der Waals surface area contributed by atoms with E-state index in [9.17, 15) is 0 Å². The summed E-state index contributed by atoms with van der Waals surface area (Å²) < 4.78 is 1.17. The summed E-state index contributed by atoms with van der Waals surface area (Å²) in [5.74, 6) is 0. The maximum Gasteiger partial charge on any atom is 0.0330 e. The molecule has 0 aromatic heterocycles. The van der Waals surface area contributed by atoms with Gasteiger partial charge in [-0.05, 0) is 63.6 Å². The number of benzene rings is 1. The van der Waals surface area contributed by atoms with Crippen molar-refractivity contribution < 1.29 is 0 Å². The Morgan fingerprint density at radius 2 is 1.95 bits per heavy atom. The molecule has 1 aromatic carbocycles. The van der Waals surface area contributed by atoms with E-state index >= 15 is 0 Å². The second kappa shape index (κ2) is 8.03. The molecule has 19 heavy (non-hydrogen) atoms. The standard InChI is InChI=1S/C16H25BrN2/c1-18-16(14-7-6-8-15(17)13-14)9-12-19-10-4-2-3-5-11-19/h6-8,13,16,18H,2-5,9-12H2,1H3. The van der Waals surface area contributed by atoms with Crippen LogP contribution in [-0.2, 0) is 0 Å². The molecule has 1 unspecified atom stereocenters. The van der Waals surface area contributed by atoms with Crippen molar-refractivity contribution in [3.05, 3.63) is 34.3 Å². The highest BCUT2D eigenvalue weighted by molar-refractivity contribution is 9.10. The zero-order valence-corrected chi connectivity index (χ0v) is 13.5. The lowest BCUT2D eigenvalue weighted by Gasteiger charge is -2.24. The van der Waals surface area contributed by atoms with E-state index in [1.165, 1.54) is 61.8 Å². The van der Waals surface area contributed by atoms with Gasteiger partial charge in [0.05, 0.1) is 0 Å². The summed E-state index contributed by atoms with van der Waals surface area (Å²) in [5.41, 5.74) is 1.38. The zero-order valence-electron chi connectivity index (χ0n) is 11.9. The van der Waals surface area contributed by atoms with Crippen LogP contribution in [0.1, 0.15) is 43.7 Å². The van der Waals surface area contributed by atoms with Crippen molar-refractivity contribution in [1.29, 1.82) is 0 Å². The first-order valence-corrected chi connectivity index (χ1v) is 8.24. The molecule has 2 nitrogen and oxygen atoms in total. The van der Waals surface area contributed by atoms with Crippen LogP contribution >= 0.6 is 15.9 Å². The molecule has 2 rings (SSSR count). The predicted octanol–water partition coefficient (Wildman–Crippen LogP) is 3.98. The van der Waals surface area contributed by atoms with Crippen LogP contribution in [0.25, 0.3) is 0 Å². The number of hydrogen-bond acceptors (Lipinski definition) is 2. The van der Waals surface area contributed by atoms with Gasteiger partial charge in [0.15, 0.2) is 0 Å². The number of nitrogens with zero attached hydrogens (tertiary/aromatic N) is 1. The lowest BCUT2D eigenvalue weighted by atomic mass is 10.0. The average molecular weight is 325 g/mol. The minimum absolute atomic E-state index is 0.459. The van der Waals surface area contributed by atoms with Gasteiger partial charge >= 0.3 is 0 Å². The number of likely N-dealkylation sites (tertiary alicyclic amines) is 1. The minimum Gasteiger partial charge on any atom is -0.313 e. The number of halogens is 1. The van der Waals surface area contributed by atoms with Crippen LogP contribution in [0, 0.1) is 0 Å². The summed E-state index contributed by atoms with van der Waals surface area (Å²) in [5, 5.41) is 3.45. The van der Waals surface area contributed by atoms with Crippen molar-refractivity contribution >= 4 is 15.9 Å². The number of hydrogen-bond donors (Lipinski definition) is 1. The Morgan fingerprint density at radius 3 is 2.58 bits per heavy atom.